The van der Waals surface area contributed by atoms with Crippen LogP contribution in [0, 0.1) is 0 Å². The molecule has 1 atom stereocenters. The Bertz CT molecular complexity index is 479. The Morgan fingerprint density at radius 3 is 2.88 bits per heavy atom. The van der Waals surface area contributed by atoms with Gasteiger partial charge < -0.3 is 15.4 Å². The molecule has 0 saturated heterocycles. The van der Waals surface area contributed by atoms with E-state index in [0.29, 0.717) is 0 Å². The smallest absolute Gasteiger partial charge is 0.354 e. The molecule has 0 radical (unpaired) electrons. The molecule has 0 saturated carbocycles. The number of hydrogen-bond acceptors (Lipinski definition) is 4. The summed E-state index contributed by atoms with van der Waals surface area (Å²) in [6, 6.07) is 3.16. The van der Waals surface area contributed by atoms with Crippen LogP contribution < -0.4 is 10.6 Å². The first-order valence-electron chi connectivity index (χ1n) is 5.03. The summed E-state index contributed by atoms with van der Waals surface area (Å²) < 4.78 is 4.64. The summed E-state index contributed by atoms with van der Waals surface area (Å²) in [6.45, 7) is 1.79. The highest BCUT2D eigenvalue weighted by Gasteiger charge is 2.29. The van der Waals surface area contributed by atoms with E-state index in [9.17, 15) is 9.59 Å². The van der Waals surface area contributed by atoms with E-state index in [-0.39, 0.29) is 11.7 Å². The van der Waals surface area contributed by atoms with Crippen molar-refractivity contribution in [1.82, 2.24) is 10.6 Å². The summed E-state index contributed by atoms with van der Waals surface area (Å²) >= 11 is 1.53. The molecular formula is C11H12N2O3S. The first-order valence-corrected chi connectivity index (χ1v) is 5.91. The quantitative estimate of drug-likeness (QED) is 0.785. The molecular weight excluding hydrogens is 240 g/mol. The van der Waals surface area contributed by atoms with Gasteiger partial charge in [0, 0.05) is 4.88 Å². The van der Waals surface area contributed by atoms with Gasteiger partial charge in [-0.1, -0.05) is 6.07 Å². The molecule has 1 aromatic rings. The normalized spacial score (nSPS) is 19.6. The number of rotatable bonds is 2. The van der Waals surface area contributed by atoms with Crippen molar-refractivity contribution < 1.29 is 14.3 Å². The number of thiophene rings is 1. The summed E-state index contributed by atoms with van der Waals surface area (Å²) in [6.07, 6.45) is 0. The number of carbonyl (C=O) groups excluding carboxylic acids is 2. The van der Waals surface area contributed by atoms with E-state index in [1.54, 1.807) is 6.92 Å². The Morgan fingerprint density at radius 2 is 2.29 bits per heavy atom. The van der Waals surface area contributed by atoms with Crippen LogP contribution in [0.4, 0.5) is 4.79 Å². The van der Waals surface area contributed by atoms with Crippen molar-refractivity contribution in [2.75, 3.05) is 7.11 Å². The van der Waals surface area contributed by atoms with E-state index >= 15 is 0 Å². The summed E-state index contributed by atoms with van der Waals surface area (Å²) in [7, 11) is 1.29. The van der Waals surface area contributed by atoms with E-state index in [4.69, 9.17) is 0 Å². The van der Waals surface area contributed by atoms with Crippen LogP contribution in [0.2, 0.25) is 0 Å². The zero-order valence-corrected chi connectivity index (χ0v) is 10.3. The van der Waals surface area contributed by atoms with Gasteiger partial charge in [0.25, 0.3) is 0 Å². The molecule has 0 spiro atoms. The van der Waals surface area contributed by atoms with Crippen molar-refractivity contribution in [3.8, 4) is 0 Å². The van der Waals surface area contributed by atoms with Gasteiger partial charge in [0.1, 0.15) is 5.70 Å². The predicted molar refractivity (Wildman–Crippen MR) is 63.4 cm³/mol. The first kappa shape index (κ1) is 11.7. The van der Waals surface area contributed by atoms with E-state index in [0.717, 1.165) is 10.5 Å². The number of carbonyl (C=O) groups is 2. The molecule has 0 bridgehead atoms. The second kappa shape index (κ2) is 4.58. The van der Waals surface area contributed by atoms with Crippen molar-refractivity contribution in [3.05, 3.63) is 33.7 Å². The highest BCUT2D eigenvalue weighted by Crippen LogP contribution is 2.29. The maximum atomic E-state index is 11.5. The molecule has 90 valence electrons. The Morgan fingerprint density at radius 1 is 1.53 bits per heavy atom. The molecule has 1 aromatic heterocycles. The molecule has 1 aliphatic rings. The maximum Gasteiger partial charge on any atom is 0.354 e. The molecule has 1 aliphatic heterocycles. The van der Waals surface area contributed by atoms with Gasteiger partial charge in [-0.25, -0.2) is 9.59 Å². The number of esters is 1. The van der Waals surface area contributed by atoms with Crippen molar-refractivity contribution in [3.63, 3.8) is 0 Å². The number of ether oxygens (including phenoxy) is 1. The van der Waals surface area contributed by atoms with Crippen LogP contribution in [0.3, 0.4) is 0 Å². The van der Waals surface area contributed by atoms with E-state index < -0.39 is 12.0 Å². The standard InChI is InChI=1S/C11H12N2O3S/c1-6-8(7-4-3-5-17-7)12-11(15)13-9(6)10(14)16-2/h3-5,8H,1-2H3,(H2,12,13,15)/t8-/m0/s1. The monoisotopic (exact) mass is 252 g/mol. The number of amides is 2. The minimum atomic E-state index is -0.529. The van der Waals surface area contributed by atoms with Crippen LogP contribution in [0.25, 0.3) is 0 Å². The second-order valence-corrected chi connectivity index (χ2v) is 4.58. The lowest BCUT2D eigenvalue weighted by Gasteiger charge is -2.26. The fourth-order valence-corrected chi connectivity index (χ4v) is 2.53. The van der Waals surface area contributed by atoms with Crippen LogP contribution in [-0.2, 0) is 9.53 Å². The van der Waals surface area contributed by atoms with Gasteiger partial charge >= 0.3 is 12.0 Å². The molecule has 0 unspecified atom stereocenters. The van der Waals surface area contributed by atoms with Gasteiger partial charge in [-0.2, -0.15) is 0 Å². The molecule has 5 nitrogen and oxygen atoms in total. The van der Waals surface area contributed by atoms with Gasteiger partial charge in [-0.3, -0.25) is 0 Å². The third kappa shape index (κ3) is 2.16. The molecule has 17 heavy (non-hydrogen) atoms. The molecule has 0 aromatic carbocycles. The number of urea groups is 1. The van der Waals surface area contributed by atoms with Gasteiger partial charge in [0.2, 0.25) is 0 Å². The highest BCUT2D eigenvalue weighted by atomic mass is 32.1. The number of hydrogen-bond donors (Lipinski definition) is 2. The topological polar surface area (TPSA) is 67.4 Å². The fourth-order valence-electron chi connectivity index (χ4n) is 1.69. The maximum absolute atomic E-state index is 11.5. The van der Waals surface area contributed by atoms with Gasteiger partial charge in [-0.05, 0) is 23.9 Å². The molecule has 2 amide bonds. The summed E-state index contributed by atoms with van der Waals surface area (Å²) in [5.74, 6) is -0.529. The third-order valence-electron chi connectivity index (χ3n) is 2.56. The lowest BCUT2D eigenvalue weighted by molar-refractivity contribution is -0.136. The molecule has 2 heterocycles. The number of methoxy groups -OCH3 is 1. The van der Waals surface area contributed by atoms with Crippen molar-refractivity contribution in [2.45, 2.75) is 13.0 Å². The number of nitrogens with one attached hydrogen (secondary N) is 2. The van der Waals surface area contributed by atoms with Crippen molar-refractivity contribution in [1.29, 1.82) is 0 Å². The third-order valence-corrected chi connectivity index (χ3v) is 3.50. The first-order chi connectivity index (χ1) is 8.13. The average molecular weight is 252 g/mol. The Labute approximate surface area is 102 Å². The Balaban J connectivity index is 2.40. The predicted octanol–water partition coefficient (Wildman–Crippen LogP) is 1.55. The zero-order chi connectivity index (χ0) is 12.4. The lowest BCUT2D eigenvalue weighted by Crippen LogP contribution is -2.45. The molecule has 2 rings (SSSR count). The summed E-state index contributed by atoms with van der Waals surface area (Å²) in [5, 5.41) is 7.17. The van der Waals surface area contributed by atoms with Gasteiger partial charge in [-0.15, -0.1) is 11.3 Å². The van der Waals surface area contributed by atoms with Crippen LogP contribution in [0.15, 0.2) is 28.8 Å². The summed E-state index contributed by atoms with van der Waals surface area (Å²) in [4.78, 5) is 24.0. The molecule has 6 heteroatoms. The lowest BCUT2D eigenvalue weighted by atomic mass is 10.0. The Hall–Kier alpha value is -1.82. The summed E-state index contributed by atoms with van der Waals surface area (Å²) in [5.41, 5.74) is 0.966. The zero-order valence-electron chi connectivity index (χ0n) is 9.44. The van der Waals surface area contributed by atoms with Gasteiger partial charge in [0.05, 0.1) is 13.2 Å². The molecule has 2 N–H and O–H groups in total. The largest absolute Gasteiger partial charge is 0.464 e. The SMILES string of the molecule is COC(=O)C1=C(C)[C@@H](c2cccs2)NC(=O)N1. The van der Waals surface area contributed by atoms with E-state index in [1.165, 1.54) is 18.4 Å². The van der Waals surface area contributed by atoms with Gasteiger partial charge in [0.15, 0.2) is 0 Å². The van der Waals surface area contributed by atoms with Crippen LogP contribution in [0.1, 0.15) is 17.8 Å². The highest BCUT2D eigenvalue weighted by molar-refractivity contribution is 7.10. The average Bonchev–Trinajstić information content (AvgIpc) is 2.84. The van der Waals surface area contributed by atoms with Crippen LogP contribution >= 0.6 is 11.3 Å². The molecule has 0 fully saturated rings. The van der Waals surface area contributed by atoms with Crippen LogP contribution in [-0.4, -0.2) is 19.1 Å². The van der Waals surface area contributed by atoms with E-state index in [2.05, 4.69) is 15.4 Å². The van der Waals surface area contributed by atoms with E-state index in [1.807, 2.05) is 17.5 Å². The van der Waals surface area contributed by atoms with Crippen molar-refractivity contribution >= 4 is 23.3 Å². The minimum Gasteiger partial charge on any atom is -0.464 e. The Kier molecular flexibility index (Phi) is 3.14. The second-order valence-electron chi connectivity index (χ2n) is 3.60. The molecule has 0 aliphatic carbocycles. The minimum absolute atomic E-state index is 0.217. The van der Waals surface area contributed by atoms with Crippen molar-refractivity contribution in [2.24, 2.45) is 0 Å². The van der Waals surface area contributed by atoms with Crippen LogP contribution in [0.5, 0.6) is 0 Å². The fraction of sp³-hybridized carbons (Fsp3) is 0.273.